The van der Waals surface area contributed by atoms with E-state index in [1.165, 1.54) is 6.92 Å². The van der Waals surface area contributed by atoms with Gasteiger partial charge in [0.1, 0.15) is 6.10 Å². The van der Waals surface area contributed by atoms with Crippen molar-refractivity contribution in [3.63, 3.8) is 0 Å². The Kier molecular flexibility index (Phi) is 11.4. The average molecular weight is 220 g/mol. The van der Waals surface area contributed by atoms with Crippen LogP contribution in [0, 0.1) is 0 Å². The topological polar surface area (TPSA) is 104 Å². The van der Waals surface area contributed by atoms with Crippen LogP contribution in [0.2, 0.25) is 0 Å². The van der Waals surface area contributed by atoms with Crippen molar-refractivity contribution < 1.29 is 29.6 Å². The summed E-state index contributed by atoms with van der Waals surface area (Å²) in [5.41, 5.74) is 0. The minimum atomic E-state index is -1.23. The molecule has 0 spiro atoms. The molecule has 0 rings (SSSR count). The minimum absolute atomic E-state index is 0.0461. The molecule has 15 heavy (non-hydrogen) atoms. The summed E-state index contributed by atoms with van der Waals surface area (Å²) in [6.07, 6.45) is 0.349. The lowest BCUT2D eigenvalue weighted by molar-refractivity contribution is -0.145. The highest BCUT2D eigenvalue weighted by molar-refractivity contribution is 5.81. The first-order chi connectivity index (χ1) is 6.95. The van der Waals surface area contributed by atoms with Crippen LogP contribution in [0.25, 0.3) is 0 Å². The fraction of sp³-hybridized carbons (Fsp3) is 0.556. The van der Waals surface area contributed by atoms with Crippen molar-refractivity contribution in [2.75, 3.05) is 13.2 Å². The Labute approximate surface area is 87.8 Å². The van der Waals surface area contributed by atoms with Crippen LogP contribution >= 0.6 is 0 Å². The summed E-state index contributed by atoms with van der Waals surface area (Å²) in [7, 11) is 0. The highest BCUT2D eigenvalue weighted by Crippen LogP contribution is 1.82. The number of carboxylic acid groups (broad SMARTS) is 1. The van der Waals surface area contributed by atoms with Gasteiger partial charge in [-0.3, -0.25) is 0 Å². The smallest absolute Gasteiger partial charge is 0.332 e. The Balaban J connectivity index is 0. The third kappa shape index (κ3) is 15.4. The molecule has 6 heteroatoms. The van der Waals surface area contributed by atoms with Crippen molar-refractivity contribution in [3.05, 3.63) is 12.7 Å². The van der Waals surface area contributed by atoms with Gasteiger partial charge in [-0.15, -0.1) is 0 Å². The van der Waals surface area contributed by atoms with Gasteiger partial charge in [-0.2, -0.15) is 0 Å². The Hall–Kier alpha value is -1.40. The van der Waals surface area contributed by atoms with Crippen LogP contribution in [-0.4, -0.2) is 46.6 Å². The maximum absolute atomic E-state index is 10.3. The van der Waals surface area contributed by atoms with Gasteiger partial charge in [-0.05, 0) is 6.92 Å². The van der Waals surface area contributed by atoms with E-state index >= 15 is 0 Å². The number of aliphatic hydroxyl groups excluding tert-OH is 2. The van der Waals surface area contributed by atoms with E-state index in [0.29, 0.717) is 6.42 Å². The normalized spacial score (nSPS) is 10.6. The van der Waals surface area contributed by atoms with Crippen molar-refractivity contribution in [2.24, 2.45) is 0 Å². The molecule has 0 heterocycles. The molecule has 3 N–H and O–H groups in total. The first-order valence-electron chi connectivity index (χ1n) is 4.26. The highest BCUT2D eigenvalue weighted by Gasteiger charge is 2.01. The summed E-state index contributed by atoms with van der Waals surface area (Å²) < 4.78 is 4.51. The van der Waals surface area contributed by atoms with Crippen LogP contribution in [0.3, 0.4) is 0 Å². The monoisotopic (exact) mass is 220 g/mol. The van der Waals surface area contributed by atoms with Crippen LogP contribution in [-0.2, 0) is 14.3 Å². The molecule has 0 bridgehead atoms. The molecular formula is C9H16O6. The van der Waals surface area contributed by atoms with Crippen molar-refractivity contribution in [1.82, 2.24) is 0 Å². The standard InChI is InChI=1S/C6H10O3.C3H6O3/c1-2-6(8)9-5-3-4-7;1-2(4)3(5)6/h2,7H,1,3-5H2;2,4H,1H3,(H,5,6). The number of aliphatic hydroxyl groups is 2. The zero-order valence-electron chi connectivity index (χ0n) is 8.55. The maximum atomic E-state index is 10.3. The van der Waals surface area contributed by atoms with E-state index in [9.17, 15) is 9.59 Å². The highest BCUT2D eigenvalue weighted by atomic mass is 16.5. The number of ether oxygens (including phenoxy) is 1. The number of aliphatic carboxylic acids is 1. The van der Waals surface area contributed by atoms with Crippen molar-refractivity contribution in [2.45, 2.75) is 19.4 Å². The Morgan fingerprint density at radius 3 is 2.27 bits per heavy atom. The second-order valence-electron chi connectivity index (χ2n) is 2.46. The SMILES string of the molecule is C=CC(=O)OCCCO.CC(O)C(=O)O. The van der Waals surface area contributed by atoms with Crippen LogP contribution in [0.15, 0.2) is 12.7 Å². The van der Waals surface area contributed by atoms with E-state index in [2.05, 4.69) is 11.3 Å². The molecule has 0 aromatic heterocycles. The van der Waals surface area contributed by atoms with E-state index in [0.717, 1.165) is 6.08 Å². The summed E-state index contributed by atoms with van der Waals surface area (Å²) in [5.74, 6) is -1.63. The second kappa shape index (κ2) is 10.7. The first-order valence-corrected chi connectivity index (χ1v) is 4.26. The Morgan fingerprint density at radius 2 is 2.00 bits per heavy atom. The quantitative estimate of drug-likeness (QED) is 0.329. The zero-order chi connectivity index (χ0) is 12.3. The maximum Gasteiger partial charge on any atom is 0.332 e. The molecule has 0 aromatic carbocycles. The summed E-state index contributed by atoms with van der Waals surface area (Å²) in [6.45, 7) is 4.71. The molecule has 0 aromatic rings. The minimum Gasteiger partial charge on any atom is -0.479 e. The molecule has 0 aliphatic carbocycles. The number of carbonyl (C=O) groups is 2. The molecular weight excluding hydrogens is 204 g/mol. The zero-order valence-corrected chi connectivity index (χ0v) is 8.55. The third-order valence-electron chi connectivity index (χ3n) is 1.07. The summed E-state index contributed by atoms with van der Waals surface area (Å²) >= 11 is 0. The van der Waals surface area contributed by atoms with E-state index in [1.54, 1.807) is 0 Å². The molecule has 88 valence electrons. The molecule has 0 amide bonds. The van der Waals surface area contributed by atoms with Crippen LogP contribution in [0.5, 0.6) is 0 Å². The molecule has 1 atom stereocenters. The van der Waals surface area contributed by atoms with Gasteiger partial charge in [0.25, 0.3) is 0 Å². The summed E-state index contributed by atoms with van der Waals surface area (Å²) in [6, 6.07) is 0. The molecule has 0 radical (unpaired) electrons. The van der Waals surface area contributed by atoms with E-state index < -0.39 is 18.0 Å². The third-order valence-corrected chi connectivity index (χ3v) is 1.07. The Morgan fingerprint density at radius 1 is 1.53 bits per heavy atom. The predicted molar refractivity (Wildman–Crippen MR) is 52.2 cm³/mol. The van der Waals surface area contributed by atoms with Gasteiger partial charge in [0.15, 0.2) is 0 Å². The predicted octanol–water partition coefficient (Wildman–Crippen LogP) is -0.450. The summed E-state index contributed by atoms with van der Waals surface area (Å²) in [4.78, 5) is 19.7. The molecule has 0 aliphatic heterocycles. The number of rotatable bonds is 5. The van der Waals surface area contributed by atoms with Gasteiger partial charge in [0.2, 0.25) is 0 Å². The van der Waals surface area contributed by atoms with Gasteiger partial charge in [-0.1, -0.05) is 6.58 Å². The molecule has 1 unspecified atom stereocenters. The van der Waals surface area contributed by atoms with Crippen molar-refractivity contribution >= 4 is 11.9 Å². The molecule has 0 saturated carbocycles. The first kappa shape index (κ1) is 16.0. The second-order valence-corrected chi connectivity index (χ2v) is 2.46. The van der Waals surface area contributed by atoms with Gasteiger partial charge < -0.3 is 20.1 Å². The number of hydrogen-bond donors (Lipinski definition) is 3. The largest absolute Gasteiger partial charge is 0.479 e. The van der Waals surface area contributed by atoms with Gasteiger partial charge in [0.05, 0.1) is 6.61 Å². The number of carbonyl (C=O) groups excluding carboxylic acids is 1. The molecule has 6 nitrogen and oxygen atoms in total. The lowest BCUT2D eigenvalue weighted by Crippen LogP contribution is -2.13. The van der Waals surface area contributed by atoms with Crippen LogP contribution < -0.4 is 0 Å². The molecule has 0 aliphatic rings. The van der Waals surface area contributed by atoms with E-state index in [-0.39, 0.29) is 13.2 Å². The van der Waals surface area contributed by atoms with Crippen LogP contribution in [0.1, 0.15) is 13.3 Å². The fourth-order valence-electron chi connectivity index (χ4n) is 0.296. The van der Waals surface area contributed by atoms with Gasteiger partial charge >= 0.3 is 11.9 Å². The number of esters is 1. The Bertz CT molecular complexity index is 199. The van der Waals surface area contributed by atoms with Gasteiger partial charge in [0, 0.05) is 19.1 Å². The number of hydrogen-bond acceptors (Lipinski definition) is 5. The summed E-state index contributed by atoms with van der Waals surface area (Å²) in [5, 5.41) is 24.0. The number of carboxylic acids is 1. The van der Waals surface area contributed by atoms with E-state index in [1.807, 2.05) is 0 Å². The molecule has 0 fully saturated rings. The van der Waals surface area contributed by atoms with Crippen LogP contribution in [0.4, 0.5) is 0 Å². The fourth-order valence-corrected chi connectivity index (χ4v) is 0.296. The van der Waals surface area contributed by atoms with Crippen molar-refractivity contribution in [1.29, 1.82) is 0 Å². The lowest BCUT2D eigenvalue weighted by atomic mass is 10.4. The van der Waals surface area contributed by atoms with E-state index in [4.69, 9.17) is 15.3 Å². The molecule has 0 saturated heterocycles. The van der Waals surface area contributed by atoms with Gasteiger partial charge in [-0.25, -0.2) is 9.59 Å². The average Bonchev–Trinajstić information content (AvgIpc) is 2.18. The van der Waals surface area contributed by atoms with Crippen molar-refractivity contribution in [3.8, 4) is 0 Å². The lowest BCUT2D eigenvalue weighted by Gasteiger charge is -1.96.